The Balaban J connectivity index is 2.03. The molecule has 1 fully saturated rings. The van der Waals surface area contributed by atoms with E-state index in [0.717, 1.165) is 5.56 Å². The fourth-order valence-electron chi connectivity index (χ4n) is 2.98. The van der Waals surface area contributed by atoms with E-state index in [-0.39, 0.29) is 17.4 Å². The zero-order valence-corrected chi connectivity index (χ0v) is 13.7. The number of anilines is 1. The Labute approximate surface area is 142 Å². The van der Waals surface area contributed by atoms with E-state index in [1.807, 2.05) is 29.2 Å². The van der Waals surface area contributed by atoms with Gasteiger partial charge in [0, 0.05) is 25.2 Å². The summed E-state index contributed by atoms with van der Waals surface area (Å²) in [5, 5.41) is 3.24. The summed E-state index contributed by atoms with van der Waals surface area (Å²) >= 11 is 0. The van der Waals surface area contributed by atoms with Crippen molar-refractivity contribution in [2.24, 2.45) is 0 Å². The number of rotatable bonds is 3. The second-order valence-electron chi connectivity index (χ2n) is 5.66. The van der Waals surface area contributed by atoms with Gasteiger partial charge in [-0.3, -0.25) is 14.6 Å². The Hall–Kier alpha value is -3.07. The van der Waals surface area contributed by atoms with Gasteiger partial charge in [-0.1, -0.05) is 18.2 Å². The number of ether oxygens (including phenoxy) is 1. The minimum absolute atomic E-state index is 0.199. The third kappa shape index (κ3) is 3.13. The van der Waals surface area contributed by atoms with Gasteiger partial charge in [0.2, 0.25) is 0 Å². The molecule has 1 atom stereocenters. The van der Waals surface area contributed by atoms with Gasteiger partial charge in [-0.15, -0.1) is 0 Å². The molecule has 5 N–H and O–H groups in total. The molecule has 2 heterocycles. The van der Waals surface area contributed by atoms with Crippen LogP contribution in [0.5, 0.6) is 5.75 Å². The van der Waals surface area contributed by atoms with Crippen LogP contribution in [0.3, 0.4) is 0 Å². The molecule has 1 aromatic heterocycles. The molecule has 132 valence electrons. The second-order valence-corrected chi connectivity index (χ2v) is 5.66. The number of carbonyl (C=O) groups is 1. The Morgan fingerprint density at radius 1 is 1.28 bits per heavy atom. The Kier molecular flexibility index (Phi) is 4.57. The molecular formula is C16H19N5O4. The van der Waals surface area contributed by atoms with E-state index in [1.165, 1.54) is 0 Å². The molecule has 0 spiro atoms. The molecular weight excluding hydrogens is 326 g/mol. The van der Waals surface area contributed by atoms with E-state index in [4.69, 9.17) is 10.5 Å². The van der Waals surface area contributed by atoms with Gasteiger partial charge in [-0.25, -0.2) is 4.79 Å². The van der Waals surface area contributed by atoms with Crippen LogP contribution in [-0.2, 0) is 0 Å². The van der Waals surface area contributed by atoms with Gasteiger partial charge in [-0.2, -0.15) is 0 Å². The number of aromatic amines is 2. The Morgan fingerprint density at radius 3 is 2.80 bits per heavy atom. The molecule has 0 saturated carbocycles. The lowest BCUT2D eigenvalue weighted by atomic mass is 10.0. The van der Waals surface area contributed by atoms with E-state index in [0.29, 0.717) is 25.4 Å². The quantitative estimate of drug-likeness (QED) is 0.589. The molecule has 25 heavy (non-hydrogen) atoms. The number of piperazine rings is 1. The monoisotopic (exact) mass is 345 g/mol. The summed E-state index contributed by atoms with van der Waals surface area (Å²) in [7, 11) is 1.56. The maximum Gasteiger partial charge on any atom is 0.326 e. The van der Waals surface area contributed by atoms with Crippen molar-refractivity contribution in [1.29, 1.82) is 0 Å². The summed E-state index contributed by atoms with van der Waals surface area (Å²) in [5.41, 5.74) is 4.47. The summed E-state index contributed by atoms with van der Waals surface area (Å²) in [4.78, 5) is 42.1. The summed E-state index contributed by atoms with van der Waals surface area (Å²) in [6.07, 6.45) is 0. The Bertz CT molecular complexity index is 904. The van der Waals surface area contributed by atoms with Crippen molar-refractivity contribution in [2.45, 2.75) is 6.04 Å². The van der Waals surface area contributed by atoms with Crippen molar-refractivity contribution in [3.05, 3.63) is 56.4 Å². The number of aromatic nitrogens is 2. The average molecular weight is 345 g/mol. The van der Waals surface area contributed by atoms with Crippen LogP contribution in [0.2, 0.25) is 0 Å². The molecule has 0 bridgehead atoms. The largest absolute Gasteiger partial charge is 0.496 e. The number of amides is 1. The number of hydrogen-bond donors (Lipinski definition) is 4. The third-order valence-electron chi connectivity index (χ3n) is 4.20. The predicted octanol–water partition coefficient (Wildman–Crippen LogP) is -0.559. The highest BCUT2D eigenvalue weighted by atomic mass is 16.5. The second kappa shape index (κ2) is 6.81. The lowest BCUT2D eigenvalue weighted by molar-refractivity contribution is 0.0626. The van der Waals surface area contributed by atoms with Gasteiger partial charge >= 0.3 is 5.69 Å². The normalized spacial score (nSPS) is 17.3. The molecule has 9 nitrogen and oxygen atoms in total. The van der Waals surface area contributed by atoms with Crippen LogP contribution >= 0.6 is 0 Å². The molecule has 3 rings (SSSR count). The summed E-state index contributed by atoms with van der Waals surface area (Å²) in [6.45, 7) is 1.50. The fourth-order valence-corrected chi connectivity index (χ4v) is 2.98. The van der Waals surface area contributed by atoms with E-state index in [9.17, 15) is 14.4 Å². The van der Waals surface area contributed by atoms with Crippen molar-refractivity contribution in [2.75, 3.05) is 32.5 Å². The first-order chi connectivity index (χ1) is 12.0. The summed E-state index contributed by atoms with van der Waals surface area (Å²) < 4.78 is 5.39. The van der Waals surface area contributed by atoms with Gasteiger partial charge in [0.05, 0.1) is 13.2 Å². The first kappa shape index (κ1) is 16.8. The number of nitrogen functional groups attached to an aromatic ring is 1. The van der Waals surface area contributed by atoms with Crippen LogP contribution in [0.1, 0.15) is 22.1 Å². The molecule has 9 heteroatoms. The number of methoxy groups -OCH3 is 1. The molecule has 2 aromatic rings. The van der Waals surface area contributed by atoms with Gasteiger partial charge in [-0.05, 0) is 6.07 Å². The highest BCUT2D eigenvalue weighted by Gasteiger charge is 2.32. The molecule has 1 saturated heterocycles. The van der Waals surface area contributed by atoms with Gasteiger partial charge in [0.15, 0.2) is 0 Å². The molecule has 1 aliphatic rings. The summed E-state index contributed by atoms with van der Waals surface area (Å²) in [6, 6.07) is 7.08. The maximum absolute atomic E-state index is 13.0. The molecule has 1 aliphatic heterocycles. The number of nitrogens with two attached hydrogens (primary N) is 1. The molecule has 1 amide bonds. The van der Waals surface area contributed by atoms with Crippen molar-refractivity contribution < 1.29 is 9.53 Å². The van der Waals surface area contributed by atoms with Gasteiger partial charge in [0.25, 0.3) is 11.5 Å². The van der Waals surface area contributed by atoms with Crippen LogP contribution in [0.4, 0.5) is 5.69 Å². The van der Waals surface area contributed by atoms with Crippen LogP contribution in [-0.4, -0.2) is 47.5 Å². The number of H-pyrrole nitrogens is 2. The van der Waals surface area contributed by atoms with Crippen LogP contribution in [0.15, 0.2) is 33.9 Å². The number of nitrogens with zero attached hydrogens (tertiary/aromatic N) is 1. The maximum atomic E-state index is 13.0. The molecule has 1 unspecified atom stereocenters. The minimum atomic E-state index is -0.781. The van der Waals surface area contributed by atoms with Crippen LogP contribution in [0.25, 0.3) is 0 Å². The highest BCUT2D eigenvalue weighted by Crippen LogP contribution is 2.31. The number of benzene rings is 1. The van der Waals surface area contributed by atoms with Crippen LogP contribution in [0, 0.1) is 0 Å². The van der Waals surface area contributed by atoms with Crippen molar-refractivity contribution in [3.63, 3.8) is 0 Å². The minimum Gasteiger partial charge on any atom is -0.496 e. The predicted molar refractivity (Wildman–Crippen MR) is 91.7 cm³/mol. The van der Waals surface area contributed by atoms with Gasteiger partial charge < -0.3 is 25.7 Å². The molecule has 0 aliphatic carbocycles. The third-order valence-corrected chi connectivity index (χ3v) is 4.20. The standard InChI is InChI=1S/C16H19N5O4/c1-25-11-5-3-2-4-9(11)10-8-18-6-7-21(10)15(23)13-12(17)14(22)20-16(24)19-13/h2-5,10,18H,6-8,17H2,1H3,(H2,19,20,22,24). The van der Waals surface area contributed by atoms with E-state index in [2.05, 4.69) is 10.3 Å². The lowest BCUT2D eigenvalue weighted by Crippen LogP contribution is -2.49. The zero-order valence-electron chi connectivity index (χ0n) is 13.7. The van der Waals surface area contributed by atoms with Crippen molar-refractivity contribution in [1.82, 2.24) is 20.2 Å². The number of carbonyl (C=O) groups excluding carboxylic acids is 1. The van der Waals surface area contributed by atoms with Crippen molar-refractivity contribution >= 4 is 11.6 Å². The first-order valence-corrected chi connectivity index (χ1v) is 7.79. The Morgan fingerprint density at radius 2 is 2.04 bits per heavy atom. The molecule has 0 radical (unpaired) electrons. The smallest absolute Gasteiger partial charge is 0.326 e. The molecule has 1 aromatic carbocycles. The lowest BCUT2D eigenvalue weighted by Gasteiger charge is -2.37. The first-order valence-electron chi connectivity index (χ1n) is 7.79. The van der Waals surface area contributed by atoms with Crippen LogP contribution < -0.4 is 27.0 Å². The highest BCUT2D eigenvalue weighted by molar-refractivity contribution is 5.97. The van der Waals surface area contributed by atoms with Gasteiger partial charge in [0.1, 0.15) is 17.1 Å². The topological polar surface area (TPSA) is 133 Å². The van der Waals surface area contributed by atoms with E-state index >= 15 is 0 Å². The number of nitrogens with one attached hydrogen (secondary N) is 3. The van der Waals surface area contributed by atoms with Crippen molar-refractivity contribution in [3.8, 4) is 5.75 Å². The number of para-hydroxylation sites is 1. The zero-order chi connectivity index (χ0) is 18.0. The summed E-state index contributed by atoms with van der Waals surface area (Å²) in [5.74, 6) is 0.152. The van der Waals surface area contributed by atoms with E-state index in [1.54, 1.807) is 12.0 Å². The number of hydrogen-bond acceptors (Lipinski definition) is 6. The fraction of sp³-hybridized carbons (Fsp3) is 0.312. The SMILES string of the molecule is COc1ccccc1C1CNCCN1C(=O)c1[nH]c(=O)[nH]c(=O)c1N. The average Bonchev–Trinajstić information content (AvgIpc) is 2.64. The van der Waals surface area contributed by atoms with E-state index < -0.39 is 17.2 Å².